The van der Waals surface area contributed by atoms with Gasteiger partial charge in [-0.15, -0.1) is 0 Å². The summed E-state index contributed by atoms with van der Waals surface area (Å²) in [6, 6.07) is 0. The van der Waals surface area contributed by atoms with Crippen LogP contribution >= 0.6 is 0 Å². The Morgan fingerprint density at radius 3 is 2.70 bits per heavy atom. The molecule has 0 saturated carbocycles. The van der Waals surface area contributed by atoms with Crippen molar-refractivity contribution in [2.24, 2.45) is 5.92 Å². The van der Waals surface area contributed by atoms with Crippen LogP contribution in [0.3, 0.4) is 0 Å². The molecule has 1 atom stereocenters. The van der Waals surface area contributed by atoms with E-state index in [1.165, 1.54) is 0 Å². The van der Waals surface area contributed by atoms with Crippen molar-refractivity contribution in [3.05, 3.63) is 0 Å². The van der Waals surface area contributed by atoms with E-state index in [9.17, 15) is 0 Å². The van der Waals surface area contributed by atoms with E-state index in [1.54, 1.807) is 0 Å². The third-order valence-corrected chi connectivity index (χ3v) is 1.90. The average molecular weight is 144 g/mol. The van der Waals surface area contributed by atoms with Crippen LogP contribution in [-0.4, -0.2) is 25.9 Å². The fourth-order valence-corrected chi connectivity index (χ4v) is 0.799. The molecule has 10 heavy (non-hydrogen) atoms. The van der Waals surface area contributed by atoms with Gasteiger partial charge in [-0.05, 0) is 13.3 Å². The molecule has 0 aromatic carbocycles. The molecule has 2 heteroatoms. The van der Waals surface area contributed by atoms with Crippen LogP contribution in [0.5, 0.6) is 0 Å². The van der Waals surface area contributed by atoms with Crippen molar-refractivity contribution < 1.29 is 9.47 Å². The maximum absolute atomic E-state index is 5.52. The Bertz CT molecular complexity index is 84.5. The lowest BCUT2D eigenvalue weighted by molar-refractivity contribution is -0.0846. The molecule has 0 N–H and O–H groups in total. The summed E-state index contributed by atoms with van der Waals surface area (Å²) in [4.78, 5) is 0. The van der Waals surface area contributed by atoms with E-state index in [0.29, 0.717) is 12.0 Å². The maximum Gasteiger partial charge on any atom is 0.0544 e. The van der Waals surface area contributed by atoms with Gasteiger partial charge in [0, 0.05) is 5.92 Å². The van der Waals surface area contributed by atoms with Gasteiger partial charge in [0.05, 0.1) is 25.9 Å². The molecule has 1 unspecified atom stereocenters. The zero-order chi connectivity index (χ0) is 7.40. The number of hydrogen-bond acceptors (Lipinski definition) is 2. The summed E-state index contributed by atoms with van der Waals surface area (Å²) >= 11 is 0. The van der Waals surface area contributed by atoms with Crippen LogP contribution in [0.25, 0.3) is 0 Å². The quantitative estimate of drug-likeness (QED) is 0.594. The first-order chi connectivity index (χ1) is 4.83. The molecule has 0 aromatic heterocycles. The molecule has 0 spiro atoms. The molecule has 0 radical (unpaired) electrons. The number of ether oxygens (including phenoxy) is 2. The Balaban J connectivity index is 1.93. The first-order valence-corrected chi connectivity index (χ1v) is 4.02. The third kappa shape index (κ3) is 2.27. The third-order valence-electron chi connectivity index (χ3n) is 1.90. The SMILES string of the molecule is CCC(C)OCC1COC1. The van der Waals surface area contributed by atoms with Crippen molar-refractivity contribution in [1.29, 1.82) is 0 Å². The zero-order valence-corrected chi connectivity index (χ0v) is 6.80. The summed E-state index contributed by atoms with van der Waals surface area (Å²) in [5, 5.41) is 0. The van der Waals surface area contributed by atoms with Crippen LogP contribution < -0.4 is 0 Å². The molecule has 0 aromatic rings. The van der Waals surface area contributed by atoms with Crippen molar-refractivity contribution >= 4 is 0 Å². The molecule has 1 heterocycles. The van der Waals surface area contributed by atoms with Crippen LogP contribution in [0.4, 0.5) is 0 Å². The standard InChI is InChI=1S/C8H16O2/c1-3-7(2)10-6-8-4-9-5-8/h7-8H,3-6H2,1-2H3. The molecule has 0 bridgehead atoms. The van der Waals surface area contributed by atoms with E-state index >= 15 is 0 Å². The molecule has 0 amide bonds. The van der Waals surface area contributed by atoms with Gasteiger partial charge in [0.2, 0.25) is 0 Å². The molecule has 0 aliphatic carbocycles. The lowest BCUT2D eigenvalue weighted by Gasteiger charge is -2.26. The Morgan fingerprint density at radius 1 is 1.60 bits per heavy atom. The van der Waals surface area contributed by atoms with E-state index in [2.05, 4.69) is 13.8 Å². The van der Waals surface area contributed by atoms with Gasteiger partial charge >= 0.3 is 0 Å². The highest BCUT2D eigenvalue weighted by Crippen LogP contribution is 2.11. The predicted molar refractivity (Wildman–Crippen MR) is 40.0 cm³/mol. The summed E-state index contributed by atoms with van der Waals surface area (Å²) in [5.41, 5.74) is 0. The van der Waals surface area contributed by atoms with Crippen LogP contribution in [0.2, 0.25) is 0 Å². The average Bonchev–Trinajstić information content (AvgIpc) is 1.84. The molecule has 2 nitrogen and oxygen atoms in total. The van der Waals surface area contributed by atoms with Gasteiger partial charge in [-0.2, -0.15) is 0 Å². The van der Waals surface area contributed by atoms with Gasteiger partial charge in [0.15, 0.2) is 0 Å². The van der Waals surface area contributed by atoms with Crippen LogP contribution in [0, 0.1) is 5.92 Å². The first kappa shape index (κ1) is 8.02. The molecule has 1 aliphatic rings. The highest BCUT2D eigenvalue weighted by Gasteiger charge is 2.18. The highest BCUT2D eigenvalue weighted by molar-refractivity contribution is 4.64. The second kappa shape index (κ2) is 3.94. The van der Waals surface area contributed by atoms with Gasteiger partial charge in [-0.1, -0.05) is 6.92 Å². The fourth-order valence-electron chi connectivity index (χ4n) is 0.799. The molecule has 1 rings (SSSR count). The molecule has 1 fully saturated rings. The van der Waals surface area contributed by atoms with Crippen molar-refractivity contribution in [1.82, 2.24) is 0 Å². The Kier molecular flexibility index (Phi) is 3.16. The maximum atomic E-state index is 5.52. The summed E-state index contributed by atoms with van der Waals surface area (Å²) in [7, 11) is 0. The Hall–Kier alpha value is -0.0800. The van der Waals surface area contributed by atoms with Gasteiger partial charge in [0.25, 0.3) is 0 Å². The van der Waals surface area contributed by atoms with Crippen molar-refractivity contribution in [3.8, 4) is 0 Å². The van der Waals surface area contributed by atoms with Gasteiger partial charge in [-0.3, -0.25) is 0 Å². The minimum absolute atomic E-state index is 0.417. The summed E-state index contributed by atoms with van der Waals surface area (Å²) in [6.45, 7) is 6.93. The van der Waals surface area contributed by atoms with Crippen molar-refractivity contribution in [2.75, 3.05) is 19.8 Å². The van der Waals surface area contributed by atoms with Crippen LogP contribution in [0.15, 0.2) is 0 Å². The van der Waals surface area contributed by atoms with Gasteiger partial charge in [-0.25, -0.2) is 0 Å². The van der Waals surface area contributed by atoms with E-state index in [0.717, 1.165) is 26.2 Å². The fraction of sp³-hybridized carbons (Fsp3) is 1.00. The zero-order valence-electron chi connectivity index (χ0n) is 6.80. The van der Waals surface area contributed by atoms with Crippen LogP contribution in [-0.2, 0) is 9.47 Å². The van der Waals surface area contributed by atoms with Crippen LogP contribution in [0.1, 0.15) is 20.3 Å². The summed E-state index contributed by atoms with van der Waals surface area (Å²) in [5.74, 6) is 0.675. The molecular formula is C8H16O2. The van der Waals surface area contributed by atoms with E-state index in [4.69, 9.17) is 9.47 Å². The predicted octanol–water partition coefficient (Wildman–Crippen LogP) is 1.45. The highest BCUT2D eigenvalue weighted by atomic mass is 16.5. The van der Waals surface area contributed by atoms with Crippen molar-refractivity contribution in [3.63, 3.8) is 0 Å². The Morgan fingerprint density at radius 2 is 2.30 bits per heavy atom. The van der Waals surface area contributed by atoms with Gasteiger partial charge < -0.3 is 9.47 Å². The summed E-state index contributed by atoms with van der Waals surface area (Å²) in [6.07, 6.45) is 1.52. The Labute approximate surface area is 62.5 Å². The normalized spacial score (nSPS) is 22.2. The smallest absolute Gasteiger partial charge is 0.0544 e. The van der Waals surface area contributed by atoms with Crippen molar-refractivity contribution in [2.45, 2.75) is 26.4 Å². The van der Waals surface area contributed by atoms with E-state index in [-0.39, 0.29) is 0 Å². The summed E-state index contributed by atoms with van der Waals surface area (Å²) < 4.78 is 10.5. The minimum atomic E-state index is 0.417. The topological polar surface area (TPSA) is 18.5 Å². The number of rotatable bonds is 4. The largest absolute Gasteiger partial charge is 0.381 e. The van der Waals surface area contributed by atoms with Gasteiger partial charge in [0.1, 0.15) is 0 Å². The molecular weight excluding hydrogens is 128 g/mol. The monoisotopic (exact) mass is 144 g/mol. The molecule has 1 saturated heterocycles. The second-order valence-corrected chi connectivity index (χ2v) is 2.96. The lowest BCUT2D eigenvalue weighted by Crippen LogP contribution is -2.32. The molecule has 60 valence electrons. The lowest BCUT2D eigenvalue weighted by atomic mass is 10.1. The number of hydrogen-bond donors (Lipinski definition) is 0. The van der Waals surface area contributed by atoms with E-state index < -0.39 is 0 Å². The minimum Gasteiger partial charge on any atom is -0.381 e. The first-order valence-electron chi connectivity index (χ1n) is 4.02. The van der Waals surface area contributed by atoms with E-state index in [1.807, 2.05) is 0 Å². The second-order valence-electron chi connectivity index (χ2n) is 2.96. The molecule has 1 aliphatic heterocycles.